The lowest BCUT2D eigenvalue weighted by atomic mass is 9.91. The fourth-order valence-corrected chi connectivity index (χ4v) is 2.73. The van der Waals surface area contributed by atoms with Crippen LogP contribution in [0.5, 0.6) is 0 Å². The van der Waals surface area contributed by atoms with E-state index in [1.807, 2.05) is 0 Å². The largest absolute Gasteiger partial charge is 0.481 e. The van der Waals surface area contributed by atoms with Gasteiger partial charge in [-0.3, -0.25) is 9.69 Å². The van der Waals surface area contributed by atoms with Crippen LogP contribution < -0.4 is 0 Å². The van der Waals surface area contributed by atoms with Crippen molar-refractivity contribution < 1.29 is 9.90 Å². The molecule has 1 atom stereocenters. The van der Waals surface area contributed by atoms with Gasteiger partial charge in [0.15, 0.2) is 0 Å². The van der Waals surface area contributed by atoms with Crippen molar-refractivity contribution in [2.75, 3.05) is 13.1 Å². The molecule has 3 heteroatoms. The van der Waals surface area contributed by atoms with E-state index in [4.69, 9.17) is 5.11 Å². The molecular weight excluding hydrogens is 226 g/mol. The van der Waals surface area contributed by atoms with E-state index in [2.05, 4.69) is 43.0 Å². The highest BCUT2D eigenvalue weighted by molar-refractivity contribution is 5.67. The second kappa shape index (κ2) is 5.53. The highest BCUT2D eigenvalue weighted by atomic mass is 16.4. The minimum atomic E-state index is -0.678. The fourth-order valence-electron chi connectivity index (χ4n) is 2.73. The average Bonchev–Trinajstić information content (AvgIpc) is 2.28. The Morgan fingerprint density at radius 3 is 2.50 bits per heavy atom. The first-order chi connectivity index (χ1) is 8.60. The van der Waals surface area contributed by atoms with Gasteiger partial charge in [0.05, 0.1) is 6.42 Å². The molecule has 0 aliphatic carbocycles. The number of benzene rings is 1. The van der Waals surface area contributed by atoms with Crippen LogP contribution in [-0.4, -0.2) is 29.1 Å². The topological polar surface area (TPSA) is 40.5 Å². The number of aryl methyl sites for hydroxylation is 1. The van der Waals surface area contributed by atoms with Crippen LogP contribution in [0.2, 0.25) is 0 Å². The average molecular weight is 247 g/mol. The number of carbonyl (C=O) groups is 1. The van der Waals surface area contributed by atoms with Crippen molar-refractivity contribution in [3.05, 3.63) is 35.4 Å². The highest BCUT2D eigenvalue weighted by Crippen LogP contribution is 2.32. The predicted octanol–water partition coefficient (Wildman–Crippen LogP) is 2.85. The van der Waals surface area contributed by atoms with Crippen molar-refractivity contribution in [3.8, 4) is 0 Å². The summed E-state index contributed by atoms with van der Waals surface area (Å²) in [5, 5.41) is 8.76. The first-order valence-corrected chi connectivity index (χ1v) is 6.62. The van der Waals surface area contributed by atoms with Crippen molar-refractivity contribution >= 4 is 5.97 Å². The van der Waals surface area contributed by atoms with Crippen molar-refractivity contribution in [3.63, 3.8) is 0 Å². The maximum atomic E-state index is 10.6. The third-order valence-corrected chi connectivity index (χ3v) is 3.74. The molecule has 1 aromatic rings. The molecule has 1 N–H and O–H groups in total. The third-order valence-electron chi connectivity index (χ3n) is 3.74. The van der Waals surface area contributed by atoms with Crippen molar-refractivity contribution in [2.45, 2.75) is 32.7 Å². The maximum absolute atomic E-state index is 10.6. The molecule has 1 aliphatic heterocycles. The van der Waals surface area contributed by atoms with E-state index in [0.29, 0.717) is 18.4 Å². The summed E-state index contributed by atoms with van der Waals surface area (Å²) in [6.07, 6.45) is 1.38. The highest BCUT2D eigenvalue weighted by Gasteiger charge is 2.33. The molecule has 1 aromatic carbocycles. The molecule has 0 bridgehead atoms. The molecule has 0 spiro atoms. The van der Waals surface area contributed by atoms with Gasteiger partial charge in [-0.2, -0.15) is 0 Å². The van der Waals surface area contributed by atoms with Crippen molar-refractivity contribution in [2.24, 2.45) is 5.92 Å². The number of carboxylic acids is 1. The molecule has 0 saturated carbocycles. The van der Waals surface area contributed by atoms with E-state index in [0.717, 1.165) is 19.5 Å². The summed E-state index contributed by atoms with van der Waals surface area (Å²) in [4.78, 5) is 13.0. The lowest BCUT2D eigenvalue weighted by Crippen LogP contribution is -2.49. The van der Waals surface area contributed by atoms with Gasteiger partial charge in [0.25, 0.3) is 0 Å². The summed E-state index contributed by atoms with van der Waals surface area (Å²) >= 11 is 0. The second-order valence-corrected chi connectivity index (χ2v) is 5.25. The predicted molar refractivity (Wildman–Crippen MR) is 71.5 cm³/mol. The molecule has 1 unspecified atom stereocenters. The van der Waals surface area contributed by atoms with Gasteiger partial charge in [0.2, 0.25) is 0 Å². The van der Waals surface area contributed by atoms with Crippen LogP contribution in [0.1, 0.15) is 36.9 Å². The van der Waals surface area contributed by atoms with Gasteiger partial charge in [0, 0.05) is 19.1 Å². The number of rotatable bonds is 5. The molecule has 0 aromatic heterocycles. The van der Waals surface area contributed by atoms with E-state index in [1.54, 1.807) is 0 Å². The fraction of sp³-hybridized carbons (Fsp3) is 0.533. The smallest absolute Gasteiger partial charge is 0.303 e. The van der Waals surface area contributed by atoms with Gasteiger partial charge >= 0.3 is 5.97 Å². The molecule has 1 fully saturated rings. The van der Waals surface area contributed by atoms with Gasteiger partial charge in [-0.25, -0.2) is 0 Å². The first-order valence-electron chi connectivity index (χ1n) is 6.62. The van der Waals surface area contributed by atoms with Crippen molar-refractivity contribution in [1.82, 2.24) is 4.90 Å². The molecule has 0 amide bonds. The zero-order chi connectivity index (χ0) is 13.1. The lowest BCUT2D eigenvalue weighted by molar-refractivity contribution is -0.139. The molecule has 1 heterocycles. The van der Waals surface area contributed by atoms with Crippen LogP contribution in [0.4, 0.5) is 0 Å². The summed E-state index contributed by atoms with van der Waals surface area (Å²) in [6, 6.07) is 9.11. The molecular formula is C15H21NO2. The van der Waals surface area contributed by atoms with Crippen LogP contribution >= 0.6 is 0 Å². The third kappa shape index (κ3) is 2.91. The number of likely N-dealkylation sites (tertiary alicyclic amines) is 1. The standard InChI is InChI=1S/C15H21NO2/c1-3-14(13-6-4-11(2)5-7-13)16-9-12(10-16)8-15(17)18/h4-7,12,14H,3,8-10H2,1-2H3,(H,17,18). The summed E-state index contributed by atoms with van der Waals surface area (Å²) in [7, 11) is 0. The molecule has 98 valence electrons. The number of nitrogens with zero attached hydrogens (tertiary/aromatic N) is 1. The lowest BCUT2D eigenvalue weighted by Gasteiger charge is -2.44. The number of aliphatic carboxylic acids is 1. The van der Waals surface area contributed by atoms with Gasteiger partial charge < -0.3 is 5.11 Å². The zero-order valence-electron chi connectivity index (χ0n) is 11.1. The SMILES string of the molecule is CCC(c1ccc(C)cc1)N1CC(CC(=O)O)C1. The second-order valence-electron chi connectivity index (χ2n) is 5.25. The Balaban J connectivity index is 1.95. The Kier molecular flexibility index (Phi) is 4.02. The van der Waals surface area contributed by atoms with Gasteiger partial charge in [-0.15, -0.1) is 0 Å². The molecule has 3 nitrogen and oxygen atoms in total. The van der Waals surface area contributed by atoms with E-state index < -0.39 is 5.97 Å². The summed E-state index contributed by atoms with van der Waals surface area (Å²) < 4.78 is 0. The maximum Gasteiger partial charge on any atom is 0.303 e. The Morgan fingerprint density at radius 2 is 2.00 bits per heavy atom. The minimum absolute atomic E-state index is 0.306. The molecule has 1 saturated heterocycles. The summed E-state index contributed by atoms with van der Waals surface area (Å²) in [5.41, 5.74) is 2.62. The quantitative estimate of drug-likeness (QED) is 0.869. The molecule has 2 rings (SSSR count). The van der Waals surface area contributed by atoms with Crippen LogP contribution in [0.15, 0.2) is 24.3 Å². The number of hydrogen-bond acceptors (Lipinski definition) is 2. The molecule has 0 radical (unpaired) electrons. The minimum Gasteiger partial charge on any atom is -0.481 e. The van der Waals surface area contributed by atoms with Crippen LogP contribution in [0, 0.1) is 12.8 Å². The van der Waals surface area contributed by atoms with Crippen LogP contribution in [-0.2, 0) is 4.79 Å². The normalized spacial score (nSPS) is 18.3. The summed E-state index contributed by atoms with van der Waals surface area (Å²) in [5.74, 6) is -0.343. The Labute approximate surface area is 108 Å². The Hall–Kier alpha value is -1.35. The van der Waals surface area contributed by atoms with Gasteiger partial charge in [0.1, 0.15) is 0 Å². The number of hydrogen-bond donors (Lipinski definition) is 1. The number of carboxylic acid groups (broad SMARTS) is 1. The molecule has 1 aliphatic rings. The monoisotopic (exact) mass is 247 g/mol. The van der Waals surface area contributed by atoms with E-state index in [1.165, 1.54) is 11.1 Å². The zero-order valence-corrected chi connectivity index (χ0v) is 11.1. The van der Waals surface area contributed by atoms with E-state index in [-0.39, 0.29) is 0 Å². The summed E-state index contributed by atoms with van der Waals surface area (Å²) in [6.45, 7) is 6.11. The van der Waals surface area contributed by atoms with Crippen LogP contribution in [0.25, 0.3) is 0 Å². The van der Waals surface area contributed by atoms with Gasteiger partial charge in [-0.1, -0.05) is 36.8 Å². The van der Waals surface area contributed by atoms with Crippen LogP contribution in [0.3, 0.4) is 0 Å². The van der Waals surface area contributed by atoms with Crippen molar-refractivity contribution in [1.29, 1.82) is 0 Å². The Bertz CT molecular complexity index is 407. The van der Waals surface area contributed by atoms with E-state index in [9.17, 15) is 4.79 Å². The first kappa shape index (κ1) is 13.1. The Morgan fingerprint density at radius 1 is 1.39 bits per heavy atom. The molecule has 18 heavy (non-hydrogen) atoms. The van der Waals surface area contributed by atoms with E-state index >= 15 is 0 Å². The van der Waals surface area contributed by atoms with Gasteiger partial charge in [-0.05, 0) is 24.8 Å².